The Morgan fingerprint density at radius 2 is 2.00 bits per heavy atom. The van der Waals surface area contributed by atoms with Crippen LogP contribution >= 0.6 is 0 Å². The Hall–Kier alpha value is -3.94. The normalized spacial score (nSPS) is 11.0. The number of rotatable bonds is 6. The molecular weight excluding hydrogens is 394 g/mol. The summed E-state index contributed by atoms with van der Waals surface area (Å²) in [5.41, 5.74) is 8.48. The topological polar surface area (TPSA) is 103 Å². The van der Waals surface area contributed by atoms with Gasteiger partial charge in [-0.05, 0) is 42.8 Å². The predicted octanol–water partition coefficient (Wildman–Crippen LogP) is 1.72. The molecule has 1 amide bonds. The summed E-state index contributed by atoms with van der Waals surface area (Å²) in [4.78, 5) is 30.5. The lowest BCUT2D eigenvalue weighted by atomic mass is 10.1. The number of methoxy groups -OCH3 is 1. The standard InChI is InChI=1S/C23H23N5O3/c1-3-25-22(29)17-14-18-21(26-19-6-4-5-12-27(19)23(18)30)28(20(17)24)13-11-15-7-9-16(31-2)10-8-15/h4-10,12,14,24H,3,11,13H2,1-2H3,(H,25,29)/p+1. The van der Waals surface area contributed by atoms with Gasteiger partial charge in [0, 0.05) is 19.2 Å². The minimum atomic E-state index is -0.322. The third-order valence-electron chi connectivity index (χ3n) is 5.23. The minimum absolute atomic E-state index is 0.246. The van der Waals surface area contributed by atoms with E-state index < -0.39 is 0 Å². The van der Waals surface area contributed by atoms with Gasteiger partial charge < -0.3 is 15.8 Å². The van der Waals surface area contributed by atoms with Crippen LogP contribution in [-0.2, 0) is 13.0 Å². The summed E-state index contributed by atoms with van der Waals surface area (Å²) < 4.78 is 8.43. The van der Waals surface area contributed by atoms with Crippen molar-refractivity contribution in [2.24, 2.45) is 0 Å². The molecule has 4 aromatic rings. The Labute approximate surface area is 178 Å². The van der Waals surface area contributed by atoms with Crippen LogP contribution in [0.5, 0.6) is 5.75 Å². The van der Waals surface area contributed by atoms with Crippen molar-refractivity contribution in [3.05, 3.63) is 76.2 Å². The van der Waals surface area contributed by atoms with Crippen molar-refractivity contribution in [3.63, 3.8) is 0 Å². The third kappa shape index (κ3) is 3.79. The van der Waals surface area contributed by atoms with Gasteiger partial charge >= 0.3 is 0 Å². The SMILES string of the molecule is CCNC(=O)c1cc2c(=O)n3ccccc3nc2[n+](CCc2ccc(OC)cc2)c1N. The van der Waals surface area contributed by atoms with Gasteiger partial charge in [0.25, 0.3) is 17.1 Å². The van der Waals surface area contributed by atoms with Crippen LogP contribution in [0.1, 0.15) is 22.8 Å². The molecule has 0 saturated carbocycles. The molecule has 1 aromatic carbocycles. The zero-order chi connectivity index (χ0) is 22.0. The summed E-state index contributed by atoms with van der Waals surface area (Å²) >= 11 is 0. The number of ether oxygens (including phenoxy) is 1. The van der Waals surface area contributed by atoms with Crippen LogP contribution in [0.15, 0.2) is 59.5 Å². The smallest absolute Gasteiger partial charge is 0.278 e. The summed E-state index contributed by atoms with van der Waals surface area (Å²) in [6, 6.07) is 14.6. The second-order valence-electron chi connectivity index (χ2n) is 7.14. The van der Waals surface area contributed by atoms with E-state index >= 15 is 0 Å². The number of carbonyl (C=O) groups is 1. The van der Waals surface area contributed by atoms with Gasteiger partial charge in [-0.3, -0.25) is 14.0 Å². The number of anilines is 1. The van der Waals surface area contributed by atoms with E-state index in [1.165, 1.54) is 10.5 Å². The quantitative estimate of drug-likeness (QED) is 0.367. The molecule has 158 valence electrons. The maximum absolute atomic E-state index is 13.2. The Morgan fingerprint density at radius 3 is 2.71 bits per heavy atom. The number of amides is 1. The average Bonchev–Trinajstić information content (AvgIpc) is 2.79. The lowest BCUT2D eigenvalue weighted by molar-refractivity contribution is -0.658. The van der Waals surface area contributed by atoms with Crippen LogP contribution in [-0.4, -0.2) is 28.9 Å². The molecule has 0 aliphatic heterocycles. The Balaban J connectivity index is 1.88. The monoisotopic (exact) mass is 418 g/mol. The molecular formula is C23H24N5O3+. The molecule has 0 radical (unpaired) electrons. The van der Waals surface area contributed by atoms with Crippen LogP contribution in [0.4, 0.5) is 5.82 Å². The summed E-state index contributed by atoms with van der Waals surface area (Å²) in [5.74, 6) is 0.734. The van der Waals surface area contributed by atoms with Crippen molar-refractivity contribution in [1.29, 1.82) is 0 Å². The number of nitrogens with one attached hydrogen (secondary N) is 1. The molecule has 0 saturated heterocycles. The highest BCUT2D eigenvalue weighted by Gasteiger charge is 2.24. The third-order valence-corrected chi connectivity index (χ3v) is 5.23. The van der Waals surface area contributed by atoms with E-state index in [9.17, 15) is 9.59 Å². The van der Waals surface area contributed by atoms with Gasteiger partial charge in [0.2, 0.25) is 11.5 Å². The van der Waals surface area contributed by atoms with Crippen LogP contribution in [0.2, 0.25) is 0 Å². The summed E-state index contributed by atoms with van der Waals surface area (Å²) in [7, 11) is 1.62. The van der Waals surface area contributed by atoms with Crippen molar-refractivity contribution in [2.75, 3.05) is 19.4 Å². The number of nitrogens with zero attached hydrogens (tertiary/aromatic N) is 3. The van der Waals surface area contributed by atoms with E-state index in [1.54, 1.807) is 30.0 Å². The number of hydrogen-bond donors (Lipinski definition) is 2. The van der Waals surface area contributed by atoms with Crippen LogP contribution < -0.4 is 25.9 Å². The van der Waals surface area contributed by atoms with Crippen molar-refractivity contribution in [2.45, 2.75) is 19.9 Å². The number of fused-ring (bicyclic) bond motifs is 2. The van der Waals surface area contributed by atoms with Crippen molar-refractivity contribution in [1.82, 2.24) is 14.7 Å². The molecule has 8 nitrogen and oxygen atoms in total. The largest absolute Gasteiger partial charge is 0.497 e. The van der Waals surface area contributed by atoms with Crippen molar-refractivity contribution >= 4 is 28.4 Å². The first-order chi connectivity index (χ1) is 15.0. The molecule has 0 atom stereocenters. The van der Waals surface area contributed by atoms with E-state index in [0.29, 0.717) is 36.2 Å². The molecule has 0 unspecified atom stereocenters. The van der Waals surface area contributed by atoms with Gasteiger partial charge in [-0.1, -0.05) is 23.2 Å². The molecule has 0 bridgehead atoms. The first kappa shape index (κ1) is 20.3. The first-order valence-electron chi connectivity index (χ1n) is 10.1. The molecule has 8 heteroatoms. The van der Waals surface area contributed by atoms with E-state index in [2.05, 4.69) is 10.3 Å². The number of nitrogen functional groups attached to an aromatic ring is 1. The van der Waals surface area contributed by atoms with Crippen molar-refractivity contribution in [3.8, 4) is 5.75 Å². The molecule has 0 spiro atoms. The van der Waals surface area contributed by atoms with Gasteiger partial charge in [0.05, 0.1) is 13.7 Å². The Kier molecular flexibility index (Phi) is 5.53. The summed E-state index contributed by atoms with van der Waals surface area (Å²) in [6.45, 7) is 2.74. The number of nitrogens with two attached hydrogens (primary N) is 1. The number of carbonyl (C=O) groups excluding carboxylic acids is 1. The van der Waals surface area contributed by atoms with Crippen LogP contribution in [0.25, 0.3) is 16.7 Å². The van der Waals surface area contributed by atoms with E-state index in [0.717, 1.165) is 11.3 Å². The second kappa shape index (κ2) is 8.43. The van der Waals surface area contributed by atoms with Gasteiger partial charge in [-0.2, -0.15) is 0 Å². The minimum Gasteiger partial charge on any atom is -0.497 e. The van der Waals surface area contributed by atoms with E-state index in [4.69, 9.17) is 10.5 Å². The van der Waals surface area contributed by atoms with Crippen LogP contribution in [0, 0.1) is 0 Å². The molecule has 3 heterocycles. The van der Waals surface area contributed by atoms with E-state index in [1.807, 2.05) is 37.3 Å². The fraction of sp³-hybridized carbons (Fsp3) is 0.217. The molecule has 0 fully saturated rings. The molecule has 31 heavy (non-hydrogen) atoms. The molecule has 4 rings (SSSR count). The predicted molar refractivity (Wildman–Crippen MR) is 118 cm³/mol. The first-order valence-corrected chi connectivity index (χ1v) is 10.1. The zero-order valence-corrected chi connectivity index (χ0v) is 17.5. The highest BCUT2D eigenvalue weighted by atomic mass is 16.5. The number of aryl methyl sites for hydroxylation is 2. The van der Waals surface area contributed by atoms with Gasteiger partial charge in [0.1, 0.15) is 16.7 Å². The highest BCUT2D eigenvalue weighted by Crippen LogP contribution is 2.16. The lowest BCUT2D eigenvalue weighted by Crippen LogP contribution is -2.43. The van der Waals surface area contributed by atoms with E-state index in [-0.39, 0.29) is 22.8 Å². The number of aromatic nitrogens is 3. The second-order valence-corrected chi connectivity index (χ2v) is 7.14. The Morgan fingerprint density at radius 1 is 1.23 bits per heavy atom. The highest BCUT2D eigenvalue weighted by molar-refractivity contribution is 6.00. The fourth-order valence-corrected chi connectivity index (χ4v) is 3.60. The zero-order valence-electron chi connectivity index (χ0n) is 17.5. The molecule has 3 N–H and O–H groups in total. The van der Waals surface area contributed by atoms with Gasteiger partial charge in [-0.15, -0.1) is 0 Å². The van der Waals surface area contributed by atoms with Gasteiger partial charge in [-0.25, -0.2) is 4.57 Å². The summed E-state index contributed by atoms with van der Waals surface area (Å²) in [5, 5.41) is 3.10. The number of benzene rings is 1. The van der Waals surface area contributed by atoms with Crippen LogP contribution in [0.3, 0.4) is 0 Å². The van der Waals surface area contributed by atoms with Gasteiger partial charge in [0.15, 0.2) is 0 Å². The number of pyridine rings is 2. The maximum atomic E-state index is 13.2. The molecule has 0 aliphatic rings. The average molecular weight is 418 g/mol. The lowest BCUT2D eigenvalue weighted by Gasteiger charge is -2.12. The Bertz CT molecular complexity index is 1330. The molecule has 0 aliphatic carbocycles. The maximum Gasteiger partial charge on any atom is 0.278 e. The van der Waals surface area contributed by atoms with Crippen molar-refractivity contribution < 1.29 is 14.1 Å². The number of hydrogen-bond acceptors (Lipinski definition) is 5. The molecule has 3 aromatic heterocycles. The summed E-state index contributed by atoms with van der Waals surface area (Å²) in [6.07, 6.45) is 2.30. The fourth-order valence-electron chi connectivity index (χ4n) is 3.60.